The van der Waals surface area contributed by atoms with Crippen molar-refractivity contribution < 1.29 is 13.4 Å². The van der Waals surface area contributed by atoms with E-state index in [2.05, 4.69) is 21.1 Å². The molecule has 0 saturated carbocycles. The molecule has 1 rings (SSSR count). The monoisotopic (exact) mass is 192 g/mol. The van der Waals surface area contributed by atoms with Gasteiger partial charge in [0.25, 0.3) is 0 Å². The fraction of sp³-hybridized carbons (Fsp3) is 1.00. The molecule has 12 heavy (non-hydrogen) atoms. The van der Waals surface area contributed by atoms with E-state index in [-0.39, 0.29) is 11.5 Å². The van der Waals surface area contributed by atoms with Crippen LogP contribution in [-0.2, 0) is 15.5 Å². The van der Waals surface area contributed by atoms with Gasteiger partial charge in [-0.3, -0.25) is 4.21 Å². The second kappa shape index (κ2) is 3.44. The predicted octanol–water partition coefficient (Wildman–Crippen LogP) is 0.186. The Morgan fingerprint density at radius 2 is 2.08 bits per heavy atom. The molecule has 1 aliphatic heterocycles. The number of likely N-dealkylation sites (N-methyl/N-ethyl adjacent to an activating group) is 1. The summed E-state index contributed by atoms with van der Waals surface area (Å²) in [6.45, 7) is 2.82. The zero-order valence-corrected chi connectivity index (χ0v) is 9.06. The van der Waals surface area contributed by atoms with Crippen molar-refractivity contribution in [2.75, 3.05) is 33.4 Å². The standard InChI is InChI=1S/C8H18NO2S/c1-7-11-8(6-12(7)10)5-9(2,3)4/h7-8H,5-6H2,1-4H3/q+1. The van der Waals surface area contributed by atoms with E-state index in [1.54, 1.807) is 0 Å². The molecule has 0 aromatic rings. The van der Waals surface area contributed by atoms with Crippen LogP contribution in [0.5, 0.6) is 0 Å². The van der Waals surface area contributed by atoms with Crippen LogP contribution in [0.1, 0.15) is 6.92 Å². The number of quaternary nitrogens is 1. The molecule has 4 heteroatoms. The molecule has 0 N–H and O–H groups in total. The summed E-state index contributed by atoms with van der Waals surface area (Å²) in [5, 5.41) is 0. The van der Waals surface area contributed by atoms with Crippen molar-refractivity contribution in [1.29, 1.82) is 0 Å². The molecular formula is C8H18NO2S+. The zero-order chi connectivity index (χ0) is 9.35. The Labute approximate surface area is 76.7 Å². The largest absolute Gasteiger partial charge is 0.355 e. The highest BCUT2D eigenvalue weighted by molar-refractivity contribution is 7.85. The van der Waals surface area contributed by atoms with Crippen molar-refractivity contribution in [3.8, 4) is 0 Å². The van der Waals surface area contributed by atoms with E-state index in [4.69, 9.17) is 4.74 Å². The Hall–Kier alpha value is 0.0700. The van der Waals surface area contributed by atoms with Gasteiger partial charge in [-0.25, -0.2) is 0 Å². The molecule has 1 heterocycles. The van der Waals surface area contributed by atoms with Crippen molar-refractivity contribution in [1.82, 2.24) is 0 Å². The van der Waals surface area contributed by atoms with E-state index < -0.39 is 10.8 Å². The lowest BCUT2D eigenvalue weighted by Gasteiger charge is -2.26. The van der Waals surface area contributed by atoms with E-state index >= 15 is 0 Å². The second-order valence-electron chi connectivity index (χ2n) is 4.35. The third-order valence-electron chi connectivity index (χ3n) is 1.86. The lowest BCUT2D eigenvalue weighted by molar-refractivity contribution is -0.873. The average Bonchev–Trinajstić information content (AvgIpc) is 2.07. The van der Waals surface area contributed by atoms with Crippen LogP contribution in [0.25, 0.3) is 0 Å². The highest BCUT2D eigenvalue weighted by Crippen LogP contribution is 2.16. The first-order valence-electron chi connectivity index (χ1n) is 4.21. The zero-order valence-electron chi connectivity index (χ0n) is 8.24. The molecule has 1 fully saturated rings. The van der Waals surface area contributed by atoms with Crippen LogP contribution >= 0.6 is 0 Å². The Morgan fingerprint density at radius 3 is 2.42 bits per heavy atom. The van der Waals surface area contributed by atoms with E-state index in [1.807, 2.05) is 6.92 Å². The molecule has 0 aromatic carbocycles. The van der Waals surface area contributed by atoms with Crippen molar-refractivity contribution in [3.05, 3.63) is 0 Å². The number of nitrogens with zero attached hydrogens (tertiary/aromatic N) is 1. The Bertz CT molecular complexity index is 188. The molecule has 0 aromatic heterocycles. The lowest BCUT2D eigenvalue weighted by atomic mass is 10.3. The van der Waals surface area contributed by atoms with Crippen LogP contribution in [0, 0.1) is 0 Å². The summed E-state index contributed by atoms with van der Waals surface area (Å²) in [5.74, 6) is 0.705. The summed E-state index contributed by atoms with van der Waals surface area (Å²) in [4.78, 5) is 0. The normalized spacial score (nSPS) is 37.2. The van der Waals surface area contributed by atoms with Crippen molar-refractivity contribution in [2.45, 2.75) is 18.5 Å². The molecular weight excluding hydrogens is 174 g/mol. The minimum Gasteiger partial charge on any atom is -0.355 e. The lowest BCUT2D eigenvalue weighted by Crippen LogP contribution is -2.42. The molecule has 72 valence electrons. The van der Waals surface area contributed by atoms with E-state index in [1.165, 1.54) is 0 Å². The molecule has 3 unspecified atom stereocenters. The van der Waals surface area contributed by atoms with Gasteiger partial charge in [-0.05, 0) is 6.92 Å². The molecule has 0 amide bonds. The minimum atomic E-state index is -0.765. The van der Waals surface area contributed by atoms with E-state index in [9.17, 15) is 4.21 Å². The highest BCUT2D eigenvalue weighted by Gasteiger charge is 2.32. The van der Waals surface area contributed by atoms with Crippen LogP contribution in [-0.4, -0.2) is 53.7 Å². The fourth-order valence-electron chi connectivity index (χ4n) is 1.40. The summed E-state index contributed by atoms with van der Waals surface area (Å²) in [6.07, 6.45) is 0.181. The predicted molar refractivity (Wildman–Crippen MR) is 50.2 cm³/mol. The van der Waals surface area contributed by atoms with Crippen molar-refractivity contribution >= 4 is 10.8 Å². The molecule has 1 saturated heterocycles. The average molecular weight is 192 g/mol. The number of hydrogen-bond donors (Lipinski definition) is 0. The van der Waals surface area contributed by atoms with Gasteiger partial charge < -0.3 is 9.22 Å². The van der Waals surface area contributed by atoms with Gasteiger partial charge in [-0.15, -0.1) is 0 Å². The number of hydrogen-bond acceptors (Lipinski definition) is 2. The number of rotatable bonds is 2. The molecule has 0 radical (unpaired) electrons. The van der Waals surface area contributed by atoms with Gasteiger partial charge in [0.05, 0.1) is 37.7 Å². The summed E-state index contributed by atoms with van der Waals surface area (Å²) < 4.78 is 17.7. The Balaban J connectivity index is 2.43. The fourth-order valence-corrected chi connectivity index (χ4v) is 2.50. The first-order valence-corrected chi connectivity index (χ1v) is 5.60. The quantitative estimate of drug-likeness (QED) is 0.584. The third-order valence-corrected chi connectivity index (χ3v) is 3.41. The first-order chi connectivity index (χ1) is 5.38. The Morgan fingerprint density at radius 1 is 1.50 bits per heavy atom. The second-order valence-corrected chi connectivity index (χ2v) is 6.10. The maximum atomic E-state index is 11.2. The minimum absolute atomic E-state index is 0.0680. The summed E-state index contributed by atoms with van der Waals surface area (Å²) in [6, 6.07) is 0. The molecule has 0 spiro atoms. The van der Waals surface area contributed by atoms with Gasteiger partial charge >= 0.3 is 0 Å². The molecule has 3 nitrogen and oxygen atoms in total. The topological polar surface area (TPSA) is 26.3 Å². The van der Waals surface area contributed by atoms with Crippen molar-refractivity contribution in [2.24, 2.45) is 0 Å². The third kappa shape index (κ3) is 2.84. The maximum absolute atomic E-state index is 11.2. The summed E-state index contributed by atoms with van der Waals surface area (Å²) in [5.41, 5.74) is -0.0680. The Kier molecular flexibility index (Phi) is 2.91. The van der Waals surface area contributed by atoms with Gasteiger partial charge in [0.1, 0.15) is 18.1 Å². The van der Waals surface area contributed by atoms with Crippen molar-refractivity contribution in [3.63, 3.8) is 0 Å². The molecule has 0 bridgehead atoms. The summed E-state index contributed by atoms with van der Waals surface area (Å²) in [7, 11) is 5.60. The van der Waals surface area contributed by atoms with Crippen LogP contribution in [0.2, 0.25) is 0 Å². The van der Waals surface area contributed by atoms with Gasteiger partial charge in [-0.1, -0.05) is 0 Å². The smallest absolute Gasteiger partial charge is 0.130 e. The SMILES string of the molecule is CC1OC(C[N+](C)(C)C)CS1=O. The molecule has 3 atom stereocenters. The summed E-state index contributed by atoms with van der Waals surface area (Å²) >= 11 is 0. The molecule has 1 aliphatic rings. The van der Waals surface area contributed by atoms with Gasteiger partial charge in [0, 0.05) is 0 Å². The molecule has 0 aliphatic carbocycles. The van der Waals surface area contributed by atoms with Crippen LogP contribution in [0.15, 0.2) is 0 Å². The van der Waals surface area contributed by atoms with Crippen LogP contribution < -0.4 is 0 Å². The number of ether oxygens (including phenoxy) is 1. The van der Waals surface area contributed by atoms with Gasteiger partial charge in [0.2, 0.25) is 0 Å². The van der Waals surface area contributed by atoms with Gasteiger partial charge in [0.15, 0.2) is 0 Å². The highest BCUT2D eigenvalue weighted by atomic mass is 32.2. The van der Waals surface area contributed by atoms with Crippen LogP contribution in [0.3, 0.4) is 0 Å². The van der Waals surface area contributed by atoms with Crippen LogP contribution in [0.4, 0.5) is 0 Å². The van der Waals surface area contributed by atoms with Gasteiger partial charge in [-0.2, -0.15) is 0 Å². The first kappa shape index (κ1) is 10.2. The van der Waals surface area contributed by atoms with E-state index in [0.29, 0.717) is 5.75 Å². The van der Waals surface area contributed by atoms with E-state index in [0.717, 1.165) is 11.0 Å². The maximum Gasteiger partial charge on any atom is 0.130 e.